The second kappa shape index (κ2) is 6.28. The van der Waals surface area contributed by atoms with Gasteiger partial charge in [-0.1, -0.05) is 6.92 Å². The molecule has 2 rings (SSSR count). The quantitative estimate of drug-likeness (QED) is 0.831. The molecule has 114 valence electrons. The third-order valence-corrected chi connectivity index (χ3v) is 6.41. The zero-order chi connectivity index (χ0) is 14.8. The van der Waals surface area contributed by atoms with Crippen molar-refractivity contribution in [3.8, 4) is 0 Å². The van der Waals surface area contributed by atoms with Crippen LogP contribution in [0.3, 0.4) is 0 Å². The van der Waals surface area contributed by atoms with Gasteiger partial charge in [0.1, 0.15) is 9.90 Å². The first-order valence-electron chi connectivity index (χ1n) is 6.75. The standard InChI is InChI=1S/C12H21N3O3S2/c1-3-6-20(16,17)10-11(13)15-19-12(10)14-8-4-5-9(7-8)18-2/h8-9,14H,3-7H2,1-2H3,(H2,13,15). The first-order valence-corrected chi connectivity index (χ1v) is 9.17. The van der Waals surface area contributed by atoms with Crippen molar-refractivity contribution in [2.24, 2.45) is 0 Å². The number of methoxy groups -OCH3 is 1. The summed E-state index contributed by atoms with van der Waals surface area (Å²) in [5.74, 6) is 0.197. The molecular formula is C12H21N3O3S2. The van der Waals surface area contributed by atoms with Crippen molar-refractivity contribution < 1.29 is 13.2 Å². The molecule has 2 atom stereocenters. The van der Waals surface area contributed by atoms with Crippen LogP contribution in [0.2, 0.25) is 0 Å². The van der Waals surface area contributed by atoms with Crippen LogP contribution < -0.4 is 11.1 Å². The lowest BCUT2D eigenvalue weighted by atomic mass is 10.2. The van der Waals surface area contributed by atoms with Gasteiger partial charge in [0.15, 0.2) is 15.7 Å². The lowest BCUT2D eigenvalue weighted by Crippen LogP contribution is -2.18. The van der Waals surface area contributed by atoms with Crippen LogP contribution in [-0.4, -0.2) is 37.8 Å². The summed E-state index contributed by atoms with van der Waals surface area (Å²) < 4.78 is 33.8. The minimum absolute atomic E-state index is 0.0929. The number of nitrogens with zero attached hydrogens (tertiary/aromatic N) is 1. The van der Waals surface area contributed by atoms with Crippen LogP contribution in [-0.2, 0) is 14.6 Å². The molecule has 1 saturated carbocycles. The van der Waals surface area contributed by atoms with Crippen LogP contribution in [0.5, 0.6) is 0 Å². The van der Waals surface area contributed by atoms with Gasteiger partial charge in [0, 0.05) is 13.2 Å². The lowest BCUT2D eigenvalue weighted by Gasteiger charge is -2.14. The molecule has 1 aromatic heterocycles. The Kier molecular flexibility index (Phi) is 4.87. The van der Waals surface area contributed by atoms with Crippen molar-refractivity contribution in [2.45, 2.75) is 49.6 Å². The van der Waals surface area contributed by atoms with Gasteiger partial charge in [0.2, 0.25) is 0 Å². The Labute approximate surface area is 123 Å². The van der Waals surface area contributed by atoms with E-state index in [1.807, 2.05) is 6.92 Å². The predicted molar refractivity (Wildman–Crippen MR) is 80.9 cm³/mol. The molecule has 0 radical (unpaired) electrons. The highest BCUT2D eigenvalue weighted by Crippen LogP contribution is 2.35. The van der Waals surface area contributed by atoms with Crippen LogP contribution in [0.15, 0.2) is 4.90 Å². The lowest BCUT2D eigenvalue weighted by molar-refractivity contribution is 0.108. The van der Waals surface area contributed by atoms with Crippen molar-refractivity contribution >= 4 is 32.2 Å². The van der Waals surface area contributed by atoms with Crippen LogP contribution in [0, 0.1) is 0 Å². The first-order chi connectivity index (χ1) is 9.47. The van der Waals surface area contributed by atoms with E-state index in [1.165, 1.54) is 0 Å². The summed E-state index contributed by atoms with van der Waals surface area (Å²) >= 11 is 1.12. The Bertz CT molecular complexity index is 556. The van der Waals surface area contributed by atoms with Crippen molar-refractivity contribution in [1.29, 1.82) is 0 Å². The average Bonchev–Trinajstić information content (AvgIpc) is 2.97. The molecule has 2 unspecified atom stereocenters. The number of sulfone groups is 1. The number of hydrogen-bond acceptors (Lipinski definition) is 7. The van der Waals surface area contributed by atoms with Gasteiger partial charge in [-0.05, 0) is 37.2 Å². The number of ether oxygens (including phenoxy) is 1. The van der Waals surface area contributed by atoms with E-state index in [-0.39, 0.29) is 28.6 Å². The molecule has 0 amide bonds. The summed E-state index contributed by atoms with van der Waals surface area (Å²) in [6, 6.07) is 0.218. The molecule has 0 aliphatic heterocycles. The molecule has 0 bridgehead atoms. The summed E-state index contributed by atoms with van der Waals surface area (Å²) in [4.78, 5) is 0.171. The van der Waals surface area contributed by atoms with Gasteiger partial charge in [-0.3, -0.25) is 0 Å². The highest BCUT2D eigenvalue weighted by Gasteiger charge is 2.29. The molecule has 1 fully saturated rings. The number of nitrogen functional groups attached to an aromatic ring is 1. The van der Waals surface area contributed by atoms with Gasteiger partial charge >= 0.3 is 0 Å². The molecule has 1 aliphatic carbocycles. The van der Waals surface area contributed by atoms with Crippen molar-refractivity contribution in [3.05, 3.63) is 0 Å². The highest BCUT2D eigenvalue weighted by molar-refractivity contribution is 7.91. The van der Waals surface area contributed by atoms with Gasteiger partial charge < -0.3 is 15.8 Å². The predicted octanol–water partition coefficient (Wildman–Crippen LogP) is 1.89. The maximum Gasteiger partial charge on any atom is 0.185 e. The minimum Gasteiger partial charge on any atom is -0.382 e. The third kappa shape index (κ3) is 3.24. The third-order valence-electron chi connectivity index (χ3n) is 3.51. The molecule has 6 nitrogen and oxygen atoms in total. The van der Waals surface area contributed by atoms with E-state index in [9.17, 15) is 8.42 Å². The monoisotopic (exact) mass is 319 g/mol. The molecule has 8 heteroatoms. The van der Waals surface area contributed by atoms with Gasteiger partial charge in [0.05, 0.1) is 11.9 Å². The maximum absolute atomic E-state index is 12.3. The van der Waals surface area contributed by atoms with E-state index >= 15 is 0 Å². The van der Waals surface area contributed by atoms with E-state index in [0.29, 0.717) is 11.4 Å². The second-order valence-corrected chi connectivity index (χ2v) is 7.88. The molecule has 1 heterocycles. The summed E-state index contributed by atoms with van der Waals surface area (Å²) in [5, 5.41) is 3.84. The fourth-order valence-corrected chi connectivity index (χ4v) is 5.21. The van der Waals surface area contributed by atoms with Crippen LogP contribution in [0.1, 0.15) is 32.6 Å². The average molecular weight is 319 g/mol. The first kappa shape index (κ1) is 15.5. The van der Waals surface area contributed by atoms with Crippen molar-refractivity contribution in [3.63, 3.8) is 0 Å². The number of rotatable bonds is 6. The van der Waals surface area contributed by atoms with E-state index in [2.05, 4.69) is 9.69 Å². The summed E-state index contributed by atoms with van der Waals surface area (Å²) in [7, 11) is -1.66. The molecule has 20 heavy (non-hydrogen) atoms. The number of nitrogens with two attached hydrogens (primary N) is 1. The normalized spacial score (nSPS) is 23.1. The Morgan fingerprint density at radius 3 is 2.85 bits per heavy atom. The van der Waals surface area contributed by atoms with Gasteiger partial charge in [0.25, 0.3) is 0 Å². The second-order valence-electron chi connectivity index (χ2n) is 5.06. The van der Waals surface area contributed by atoms with Gasteiger partial charge in [-0.15, -0.1) is 0 Å². The summed E-state index contributed by atoms with van der Waals surface area (Å²) in [6.45, 7) is 1.83. The molecule has 3 N–H and O–H groups in total. The van der Waals surface area contributed by atoms with Crippen LogP contribution in [0.25, 0.3) is 0 Å². The number of anilines is 2. The molecule has 0 aromatic carbocycles. The molecule has 1 aromatic rings. The number of nitrogens with one attached hydrogen (secondary N) is 1. The van der Waals surface area contributed by atoms with E-state index in [1.54, 1.807) is 7.11 Å². The molecule has 0 saturated heterocycles. The molecule has 1 aliphatic rings. The van der Waals surface area contributed by atoms with Crippen LogP contribution in [0.4, 0.5) is 10.8 Å². The number of aromatic nitrogens is 1. The fourth-order valence-electron chi connectivity index (χ4n) is 2.53. The molecule has 0 spiro atoms. The van der Waals surface area contributed by atoms with Gasteiger partial charge in [-0.2, -0.15) is 4.37 Å². The van der Waals surface area contributed by atoms with Crippen LogP contribution >= 0.6 is 11.5 Å². The Hall–Kier alpha value is -0.860. The zero-order valence-electron chi connectivity index (χ0n) is 11.8. The topological polar surface area (TPSA) is 94.3 Å². The maximum atomic E-state index is 12.3. The fraction of sp³-hybridized carbons (Fsp3) is 0.750. The van der Waals surface area contributed by atoms with E-state index in [0.717, 1.165) is 30.8 Å². The Morgan fingerprint density at radius 1 is 1.50 bits per heavy atom. The van der Waals surface area contributed by atoms with Gasteiger partial charge in [-0.25, -0.2) is 8.42 Å². The van der Waals surface area contributed by atoms with E-state index in [4.69, 9.17) is 10.5 Å². The van der Waals surface area contributed by atoms with E-state index < -0.39 is 9.84 Å². The SMILES string of the molecule is CCCS(=O)(=O)c1c(N)nsc1NC1CCC(OC)C1. The van der Waals surface area contributed by atoms with Crippen molar-refractivity contribution in [2.75, 3.05) is 23.9 Å². The Balaban J connectivity index is 2.18. The summed E-state index contributed by atoms with van der Waals surface area (Å²) in [6.07, 6.45) is 3.63. The Morgan fingerprint density at radius 2 is 2.25 bits per heavy atom. The van der Waals surface area contributed by atoms with Crippen molar-refractivity contribution in [1.82, 2.24) is 4.37 Å². The zero-order valence-corrected chi connectivity index (χ0v) is 13.4. The minimum atomic E-state index is -3.36. The summed E-state index contributed by atoms with van der Waals surface area (Å²) in [5.41, 5.74) is 5.74. The highest BCUT2D eigenvalue weighted by atomic mass is 32.2. The smallest absolute Gasteiger partial charge is 0.185 e. The number of hydrogen-bond donors (Lipinski definition) is 2. The molecular weight excluding hydrogens is 298 g/mol. The largest absolute Gasteiger partial charge is 0.382 e.